The highest BCUT2D eigenvalue weighted by molar-refractivity contribution is 7.89. The summed E-state index contributed by atoms with van der Waals surface area (Å²) in [7, 11) is -8.86. The van der Waals surface area contributed by atoms with Crippen LogP contribution in [0, 0.1) is 6.92 Å². The molecule has 0 radical (unpaired) electrons. The second-order valence-electron chi connectivity index (χ2n) is 5.95. The SMILES string of the molecule is Cc1ccc(S(=O)(=O)NC(Cc2ccc(N=C(N)N)cc2)P(=O)(O)O)cc1. The Morgan fingerprint density at radius 2 is 1.67 bits per heavy atom. The molecule has 2 aromatic carbocycles. The average Bonchev–Trinajstić information content (AvgIpc) is 2.55. The standard InChI is InChI=1S/C16H21N4O5PS/c1-11-2-8-14(9-3-11)27(24,25)20-15(26(21,22)23)10-12-4-6-13(7-5-12)19-16(17)18/h2-9,15,20H,10H2,1H3,(H4,17,18,19)(H2,21,22,23). The molecule has 0 bridgehead atoms. The molecule has 27 heavy (non-hydrogen) atoms. The molecule has 0 spiro atoms. The van der Waals surface area contributed by atoms with Gasteiger partial charge >= 0.3 is 7.60 Å². The van der Waals surface area contributed by atoms with E-state index >= 15 is 0 Å². The Balaban J connectivity index is 2.24. The van der Waals surface area contributed by atoms with Crippen LogP contribution in [0.15, 0.2) is 58.4 Å². The van der Waals surface area contributed by atoms with Crippen molar-refractivity contribution in [2.45, 2.75) is 24.0 Å². The summed E-state index contributed by atoms with van der Waals surface area (Å²) in [5.41, 5.74) is 12.4. The molecule has 1 atom stereocenters. The first kappa shape index (κ1) is 21.1. The Bertz CT molecular complexity index is 965. The van der Waals surface area contributed by atoms with E-state index < -0.39 is 23.4 Å². The van der Waals surface area contributed by atoms with Gasteiger partial charge in [-0.3, -0.25) is 4.57 Å². The maximum absolute atomic E-state index is 12.5. The quantitative estimate of drug-likeness (QED) is 0.256. The molecule has 7 N–H and O–H groups in total. The zero-order chi connectivity index (χ0) is 20.2. The molecule has 0 saturated heterocycles. The van der Waals surface area contributed by atoms with Gasteiger partial charge in [-0.15, -0.1) is 0 Å². The monoisotopic (exact) mass is 412 g/mol. The minimum Gasteiger partial charge on any atom is -0.370 e. The second kappa shape index (κ2) is 8.20. The summed E-state index contributed by atoms with van der Waals surface area (Å²) in [6, 6.07) is 12.2. The number of aliphatic imine (C=N–C) groups is 1. The van der Waals surface area contributed by atoms with Crippen LogP contribution in [0.5, 0.6) is 0 Å². The van der Waals surface area contributed by atoms with Gasteiger partial charge in [0.15, 0.2) is 5.96 Å². The summed E-state index contributed by atoms with van der Waals surface area (Å²) >= 11 is 0. The first-order valence-electron chi connectivity index (χ1n) is 7.80. The smallest absolute Gasteiger partial charge is 0.343 e. The van der Waals surface area contributed by atoms with Gasteiger partial charge in [-0.2, -0.15) is 4.72 Å². The van der Waals surface area contributed by atoms with Crippen LogP contribution in [0.1, 0.15) is 11.1 Å². The molecule has 0 aliphatic rings. The fourth-order valence-corrected chi connectivity index (χ4v) is 4.76. The van der Waals surface area contributed by atoms with Crippen LogP contribution in [0.2, 0.25) is 0 Å². The highest BCUT2D eigenvalue weighted by atomic mass is 32.2. The van der Waals surface area contributed by atoms with E-state index in [2.05, 4.69) is 9.71 Å². The Hall–Kier alpha value is -2.23. The van der Waals surface area contributed by atoms with Crippen LogP contribution < -0.4 is 16.2 Å². The molecule has 2 rings (SSSR count). The fraction of sp³-hybridized carbons (Fsp3) is 0.188. The topological polar surface area (TPSA) is 168 Å². The van der Waals surface area contributed by atoms with Gasteiger partial charge in [0.05, 0.1) is 10.6 Å². The lowest BCUT2D eigenvalue weighted by molar-refractivity contribution is 0.353. The van der Waals surface area contributed by atoms with Gasteiger partial charge in [-0.1, -0.05) is 29.8 Å². The molecule has 9 nitrogen and oxygen atoms in total. The van der Waals surface area contributed by atoms with Crippen molar-refractivity contribution < 1.29 is 22.8 Å². The van der Waals surface area contributed by atoms with Crippen LogP contribution in [0.3, 0.4) is 0 Å². The van der Waals surface area contributed by atoms with Crippen molar-refractivity contribution in [1.29, 1.82) is 0 Å². The average molecular weight is 412 g/mol. The minimum atomic E-state index is -4.76. The number of aryl methyl sites for hydroxylation is 1. The predicted octanol–water partition coefficient (Wildman–Crippen LogP) is 0.925. The van der Waals surface area contributed by atoms with Crippen molar-refractivity contribution >= 4 is 29.3 Å². The van der Waals surface area contributed by atoms with E-state index in [0.717, 1.165) is 5.56 Å². The fourth-order valence-electron chi connectivity index (χ4n) is 2.27. The maximum atomic E-state index is 12.5. The Kier molecular flexibility index (Phi) is 6.40. The van der Waals surface area contributed by atoms with Crippen molar-refractivity contribution in [3.8, 4) is 0 Å². The lowest BCUT2D eigenvalue weighted by atomic mass is 10.1. The number of rotatable bonds is 7. The summed E-state index contributed by atoms with van der Waals surface area (Å²) in [5, 5.41) is 0. The third kappa shape index (κ3) is 6.16. The van der Waals surface area contributed by atoms with Crippen LogP contribution in [-0.4, -0.2) is 29.9 Å². The van der Waals surface area contributed by atoms with Crippen LogP contribution >= 0.6 is 7.60 Å². The molecule has 0 amide bonds. The van der Waals surface area contributed by atoms with Gasteiger partial charge in [0.1, 0.15) is 5.78 Å². The first-order chi connectivity index (χ1) is 12.5. The van der Waals surface area contributed by atoms with E-state index in [9.17, 15) is 22.8 Å². The van der Waals surface area contributed by atoms with Gasteiger partial charge in [0.2, 0.25) is 10.0 Å². The predicted molar refractivity (Wildman–Crippen MR) is 103 cm³/mol. The van der Waals surface area contributed by atoms with Gasteiger partial charge in [-0.05, 0) is 36.8 Å². The number of benzene rings is 2. The molecular formula is C16H21N4O5PS. The number of nitrogens with zero attached hydrogens (tertiary/aromatic N) is 1. The number of hydrogen-bond donors (Lipinski definition) is 5. The summed E-state index contributed by atoms with van der Waals surface area (Å²) in [4.78, 5) is 23.0. The number of hydrogen-bond acceptors (Lipinski definition) is 4. The van der Waals surface area contributed by atoms with Crippen molar-refractivity contribution in [2.75, 3.05) is 0 Å². The van der Waals surface area contributed by atoms with E-state index in [1.54, 1.807) is 43.3 Å². The number of guanidine groups is 1. The largest absolute Gasteiger partial charge is 0.370 e. The van der Waals surface area contributed by atoms with E-state index in [1.165, 1.54) is 12.1 Å². The highest BCUT2D eigenvalue weighted by Crippen LogP contribution is 2.42. The molecule has 0 saturated carbocycles. The van der Waals surface area contributed by atoms with Crippen LogP contribution in [-0.2, 0) is 21.0 Å². The highest BCUT2D eigenvalue weighted by Gasteiger charge is 2.33. The summed E-state index contributed by atoms with van der Waals surface area (Å²) in [5.74, 6) is -1.74. The van der Waals surface area contributed by atoms with Crippen molar-refractivity contribution in [3.63, 3.8) is 0 Å². The Labute approximate surface area is 157 Å². The van der Waals surface area contributed by atoms with E-state index in [1.807, 2.05) is 0 Å². The Morgan fingerprint density at radius 1 is 1.11 bits per heavy atom. The molecule has 11 heteroatoms. The number of nitrogens with one attached hydrogen (secondary N) is 1. The summed E-state index contributed by atoms with van der Waals surface area (Å²) in [6.45, 7) is 1.80. The van der Waals surface area contributed by atoms with Gasteiger partial charge in [-0.25, -0.2) is 13.4 Å². The van der Waals surface area contributed by atoms with Gasteiger partial charge < -0.3 is 21.3 Å². The van der Waals surface area contributed by atoms with E-state index in [4.69, 9.17) is 11.5 Å². The second-order valence-corrected chi connectivity index (χ2v) is 9.46. The van der Waals surface area contributed by atoms with Crippen LogP contribution in [0.25, 0.3) is 0 Å². The molecule has 0 aliphatic carbocycles. The molecule has 146 valence electrons. The Morgan fingerprint density at radius 3 is 2.15 bits per heavy atom. The first-order valence-corrected chi connectivity index (χ1v) is 11.0. The normalized spacial score (nSPS) is 13.1. The number of nitrogens with two attached hydrogens (primary N) is 2. The molecule has 0 aromatic heterocycles. The zero-order valence-electron chi connectivity index (χ0n) is 14.5. The van der Waals surface area contributed by atoms with Crippen molar-refractivity contribution in [3.05, 3.63) is 59.7 Å². The lowest BCUT2D eigenvalue weighted by Gasteiger charge is -2.20. The zero-order valence-corrected chi connectivity index (χ0v) is 16.2. The third-order valence-corrected chi connectivity index (χ3v) is 6.44. The van der Waals surface area contributed by atoms with E-state index in [0.29, 0.717) is 11.3 Å². The van der Waals surface area contributed by atoms with E-state index in [-0.39, 0.29) is 17.3 Å². The van der Waals surface area contributed by atoms with Crippen molar-refractivity contribution in [2.24, 2.45) is 16.5 Å². The van der Waals surface area contributed by atoms with Gasteiger partial charge in [0, 0.05) is 6.42 Å². The third-order valence-electron chi connectivity index (χ3n) is 3.65. The number of sulfonamides is 1. The molecule has 0 fully saturated rings. The van der Waals surface area contributed by atoms with Crippen LogP contribution in [0.4, 0.5) is 5.69 Å². The molecular weight excluding hydrogens is 391 g/mol. The molecule has 2 aromatic rings. The lowest BCUT2D eigenvalue weighted by Crippen LogP contribution is -2.36. The summed E-state index contributed by atoms with van der Waals surface area (Å²) in [6.07, 6.45) is -0.211. The molecule has 0 heterocycles. The maximum Gasteiger partial charge on any atom is 0.343 e. The van der Waals surface area contributed by atoms with Crippen molar-refractivity contribution in [1.82, 2.24) is 4.72 Å². The minimum absolute atomic E-state index is 0.0744. The van der Waals surface area contributed by atoms with Gasteiger partial charge in [0.25, 0.3) is 0 Å². The molecule has 0 aliphatic heterocycles. The summed E-state index contributed by atoms with van der Waals surface area (Å²) < 4.78 is 38.9. The molecule has 1 unspecified atom stereocenters.